The molecule has 0 fully saturated rings. The first-order valence-electron chi connectivity index (χ1n) is 8.99. The number of nitrogens with one attached hydrogen (secondary N) is 1. The molecule has 0 aliphatic heterocycles. The molecule has 1 heterocycles. The van der Waals surface area contributed by atoms with Crippen molar-refractivity contribution in [3.05, 3.63) is 59.4 Å². The Balaban J connectivity index is 1.94. The Morgan fingerprint density at radius 3 is 2.42 bits per heavy atom. The zero-order valence-electron chi connectivity index (χ0n) is 15.0. The molecule has 0 saturated carbocycles. The van der Waals surface area contributed by atoms with Crippen LogP contribution in [0.2, 0.25) is 0 Å². The molecule has 0 saturated heterocycles. The van der Waals surface area contributed by atoms with Crippen LogP contribution < -0.4 is 5.32 Å². The van der Waals surface area contributed by atoms with Crippen molar-refractivity contribution in [3.63, 3.8) is 0 Å². The van der Waals surface area contributed by atoms with Crippen LogP contribution in [0.4, 0.5) is 0 Å². The van der Waals surface area contributed by atoms with Gasteiger partial charge in [0.1, 0.15) is 11.3 Å². The van der Waals surface area contributed by atoms with Gasteiger partial charge in [0.25, 0.3) is 0 Å². The second-order valence-electron chi connectivity index (χ2n) is 6.65. The molecule has 3 rings (SSSR count). The van der Waals surface area contributed by atoms with Crippen LogP contribution in [-0.4, -0.2) is 6.54 Å². The van der Waals surface area contributed by atoms with Crippen molar-refractivity contribution in [2.45, 2.75) is 46.6 Å². The number of hydrogen-bond donors (Lipinski definition) is 1. The SMILES string of the molecule is CCCCCNCc1oc2ccc(C)cc2c1-c1ccc(C)cc1. The molecule has 0 radical (unpaired) electrons. The summed E-state index contributed by atoms with van der Waals surface area (Å²) < 4.78 is 6.18. The lowest BCUT2D eigenvalue weighted by Crippen LogP contribution is -2.14. The van der Waals surface area contributed by atoms with E-state index in [1.807, 2.05) is 0 Å². The zero-order chi connectivity index (χ0) is 16.9. The van der Waals surface area contributed by atoms with Crippen LogP contribution in [0.15, 0.2) is 46.9 Å². The molecule has 2 nitrogen and oxygen atoms in total. The Morgan fingerprint density at radius 2 is 1.67 bits per heavy atom. The van der Waals surface area contributed by atoms with Gasteiger partial charge >= 0.3 is 0 Å². The second-order valence-corrected chi connectivity index (χ2v) is 6.65. The van der Waals surface area contributed by atoms with Crippen LogP contribution in [0, 0.1) is 13.8 Å². The van der Waals surface area contributed by atoms with Crippen molar-refractivity contribution < 1.29 is 4.42 Å². The molecular weight excluding hydrogens is 294 g/mol. The van der Waals surface area contributed by atoms with Gasteiger partial charge in [0, 0.05) is 10.9 Å². The van der Waals surface area contributed by atoms with Gasteiger partial charge in [-0.05, 0) is 44.5 Å². The summed E-state index contributed by atoms with van der Waals surface area (Å²) in [6.45, 7) is 8.31. The Morgan fingerprint density at radius 1 is 0.917 bits per heavy atom. The van der Waals surface area contributed by atoms with Gasteiger partial charge in [-0.25, -0.2) is 0 Å². The third-order valence-corrected chi connectivity index (χ3v) is 4.50. The van der Waals surface area contributed by atoms with E-state index in [1.165, 1.54) is 46.9 Å². The third kappa shape index (κ3) is 3.70. The van der Waals surface area contributed by atoms with Gasteiger partial charge in [-0.3, -0.25) is 0 Å². The summed E-state index contributed by atoms with van der Waals surface area (Å²) in [5, 5.41) is 4.75. The summed E-state index contributed by atoms with van der Waals surface area (Å²) in [5.74, 6) is 1.04. The minimum absolute atomic E-state index is 0.778. The smallest absolute Gasteiger partial charge is 0.135 e. The van der Waals surface area contributed by atoms with E-state index >= 15 is 0 Å². The number of hydrogen-bond acceptors (Lipinski definition) is 2. The molecule has 1 aromatic heterocycles. The highest BCUT2D eigenvalue weighted by Gasteiger charge is 2.15. The highest BCUT2D eigenvalue weighted by molar-refractivity contribution is 5.96. The van der Waals surface area contributed by atoms with E-state index in [9.17, 15) is 0 Å². The number of fused-ring (bicyclic) bond motifs is 1. The molecule has 3 aromatic rings. The topological polar surface area (TPSA) is 25.2 Å². The van der Waals surface area contributed by atoms with Crippen LogP contribution in [0.5, 0.6) is 0 Å². The van der Waals surface area contributed by atoms with Crippen LogP contribution in [0.3, 0.4) is 0 Å². The largest absolute Gasteiger partial charge is 0.459 e. The molecule has 126 valence electrons. The Labute approximate surface area is 144 Å². The Bertz CT molecular complexity index is 799. The molecule has 0 spiro atoms. The highest BCUT2D eigenvalue weighted by atomic mass is 16.3. The summed E-state index contributed by atoms with van der Waals surface area (Å²) in [4.78, 5) is 0. The number of furan rings is 1. The van der Waals surface area contributed by atoms with Gasteiger partial charge in [-0.2, -0.15) is 0 Å². The third-order valence-electron chi connectivity index (χ3n) is 4.50. The summed E-state index contributed by atoms with van der Waals surface area (Å²) in [7, 11) is 0. The van der Waals surface area contributed by atoms with Crippen LogP contribution in [0.25, 0.3) is 22.1 Å². The first-order chi connectivity index (χ1) is 11.7. The molecule has 1 N–H and O–H groups in total. The lowest BCUT2D eigenvalue weighted by Gasteiger charge is -2.06. The van der Waals surface area contributed by atoms with Crippen molar-refractivity contribution in [2.24, 2.45) is 0 Å². The maximum atomic E-state index is 6.18. The van der Waals surface area contributed by atoms with E-state index in [0.717, 1.165) is 24.4 Å². The minimum Gasteiger partial charge on any atom is -0.459 e. The average molecular weight is 321 g/mol. The quantitative estimate of drug-likeness (QED) is 0.540. The average Bonchev–Trinajstić information content (AvgIpc) is 2.93. The molecule has 0 bridgehead atoms. The summed E-state index contributed by atoms with van der Waals surface area (Å²) >= 11 is 0. The summed E-state index contributed by atoms with van der Waals surface area (Å²) in [6, 6.07) is 15.2. The standard InChI is InChI=1S/C22H27NO/c1-4-5-6-13-23-15-21-22(18-10-7-16(2)8-11-18)19-14-17(3)9-12-20(19)24-21/h7-12,14,23H,4-6,13,15H2,1-3H3. The Hall–Kier alpha value is -2.06. The Kier molecular flexibility index (Phi) is 5.37. The number of rotatable bonds is 7. The summed E-state index contributed by atoms with van der Waals surface area (Å²) in [6.07, 6.45) is 3.74. The lowest BCUT2D eigenvalue weighted by atomic mass is 9.99. The molecule has 0 unspecified atom stereocenters. The molecule has 2 aromatic carbocycles. The summed E-state index contributed by atoms with van der Waals surface area (Å²) in [5.41, 5.74) is 5.98. The fraction of sp³-hybridized carbons (Fsp3) is 0.364. The van der Waals surface area contributed by atoms with Gasteiger partial charge in [0.2, 0.25) is 0 Å². The molecule has 0 amide bonds. The van der Waals surface area contributed by atoms with E-state index in [4.69, 9.17) is 4.42 Å². The fourth-order valence-electron chi connectivity index (χ4n) is 3.13. The van der Waals surface area contributed by atoms with Crippen LogP contribution in [0.1, 0.15) is 43.1 Å². The minimum atomic E-state index is 0.778. The predicted molar refractivity (Wildman–Crippen MR) is 102 cm³/mol. The molecule has 0 atom stereocenters. The van der Waals surface area contributed by atoms with Crippen LogP contribution >= 0.6 is 0 Å². The van der Waals surface area contributed by atoms with Gasteiger partial charge in [-0.1, -0.05) is 61.2 Å². The maximum absolute atomic E-state index is 6.18. The van der Waals surface area contributed by atoms with Gasteiger partial charge in [0.05, 0.1) is 6.54 Å². The van der Waals surface area contributed by atoms with Crippen molar-refractivity contribution in [1.82, 2.24) is 5.32 Å². The molecule has 24 heavy (non-hydrogen) atoms. The number of unbranched alkanes of at least 4 members (excludes halogenated alkanes) is 2. The molecular formula is C22H27NO. The van der Waals surface area contributed by atoms with Crippen molar-refractivity contribution >= 4 is 11.0 Å². The van der Waals surface area contributed by atoms with E-state index < -0.39 is 0 Å². The molecule has 0 aliphatic carbocycles. The van der Waals surface area contributed by atoms with E-state index in [0.29, 0.717) is 0 Å². The fourth-order valence-corrected chi connectivity index (χ4v) is 3.13. The highest BCUT2D eigenvalue weighted by Crippen LogP contribution is 2.35. The molecule has 0 aliphatic rings. The van der Waals surface area contributed by atoms with E-state index in [1.54, 1.807) is 0 Å². The van der Waals surface area contributed by atoms with Crippen molar-refractivity contribution in [2.75, 3.05) is 6.54 Å². The second kappa shape index (κ2) is 7.67. The number of aryl methyl sites for hydroxylation is 2. The maximum Gasteiger partial charge on any atom is 0.135 e. The lowest BCUT2D eigenvalue weighted by molar-refractivity contribution is 0.508. The first kappa shape index (κ1) is 16.8. The van der Waals surface area contributed by atoms with E-state index in [2.05, 4.69) is 68.6 Å². The van der Waals surface area contributed by atoms with Crippen molar-refractivity contribution in [1.29, 1.82) is 0 Å². The predicted octanol–water partition coefficient (Wildman–Crippen LogP) is 6.00. The monoisotopic (exact) mass is 321 g/mol. The first-order valence-corrected chi connectivity index (χ1v) is 8.99. The molecule has 2 heteroatoms. The van der Waals surface area contributed by atoms with E-state index in [-0.39, 0.29) is 0 Å². The van der Waals surface area contributed by atoms with Crippen LogP contribution in [-0.2, 0) is 6.54 Å². The van der Waals surface area contributed by atoms with Gasteiger partial charge < -0.3 is 9.73 Å². The zero-order valence-corrected chi connectivity index (χ0v) is 15.0. The van der Waals surface area contributed by atoms with Crippen molar-refractivity contribution in [3.8, 4) is 11.1 Å². The number of benzene rings is 2. The van der Waals surface area contributed by atoms with Gasteiger partial charge in [-0.15, -0.1) is 0 Å². The van der Waals surface area contributed by atoms with Gasteiger partial charge in [0.15, 0.2) is 0 Å². The normalized spacial score (nSPS) is 11.3.